The van der Waals surface area contributed by atoms with E-state index >= 15 is 0 Å². The number of rotatable bonds is 3. The molecule has 0 aliphatic heterocycles. The van der Waals surface area contributed by atoms with Gasteiger partial charge in [-0.3, -0.25) is 4.79 Å². The average molecular weight is 331 g/mol. The lowest BCUT2D eigenvalue weighted by Crippen LogP contribution is -2.12. The lowest BCUT2D eigenvalue weighted by Gasteiger charge is -2.08. The highest BCUT2D eigenvalue weighted by Gasteiger charge is 2.10. The molecule has 5 heteroatoms. The van der Waals surface area contributed by atoms with E-state index in [4.69, 9.17) is 0 Å². The number of fused-ring (bicyclic) bond motifs is 1. The molecular weight excluding hydrogens is 318 g/mol. The van der Waals surface area contributed by atoms with E-state index in [0.717, 1.165) is 26.9 Å². The Morgan fingerprint density at radius 1 is 0.917 bits per heavy atom. The van der Waals surface area contributed by atoms with E-state index in [-0.39, 0.29) is 5.91 Å². The van der Waals surface area contributed by atoms with E-state index in [1.54, 1.807) is 6.20 Å². The zero-order chi connectivity index (χ0) is 16.4. The number of hydrogen-bond donors (Lipinski definition) is 1. The summed E-state index contributed by atoms with van der Waals surface area (Å²) < 4.78 is 3.86. The summed E-state index contributed by atoms with van der Waals surface area (Å²) in [5.74, 6) is -0.112. The Balaban J connectivity index is 1.59. The van der Waals surface area contributed by atoms with Crippen LogP contribution in [0.15, 0.2) is 72.9 Å². The summed E-state index contributed by atoms with van der Waals surface area (Å²) in [6, 6.07) is 21.3. The molecule has 0 saturated carbocycles. The minimum absolute atomic E-state index is 0.112. The number of aromatic nitrogens is 2. The number of carbonyl (C=O) groups excluding carboxylic acids is 1. The number of anilines is 1. The van der Waals surface area contributed by atoms with Crippen LogP contribution in [0.2, 0.25) is 0 Å². The van der Waals surface area contributed by atoms with Gasteiger partial charge < -0.3 is 5.32 Å². The van der Waals surface area contributed by atoms with Crippen LogP contribution in [0, 0.1) is 0 Å². The van der Waals surface area contributed by atoms with Crippen molar-refractivity contribution in [1.82, 2.24) is 9.59 Å². The van der Waals surface area contributed by atoms with Crippen LogP contribution in [-0.4, -0.2) is 15.5 Å². The van der Waals surface area contributed by atoms with Gasteiger partial charge in [-0.2, -0.15) is 0 Å². The first-order valence-electron chi connectivity index (χ1n) is 7.48. The molecule has 1 N–H and O–H groups in total. The van der Waals surface area contributed by atoms with Crippen molar-refractivity contribution in [3.63, 3.8) is 0 Å². The van der Waals surface area contributed by atoms with Gasteiger partial charge in [0.1, 0.15) is 0 Å². The van der Waals surface area contributed by atoms with Crippen molar-refractivity contribution in [2.45, 2.75) is 0 Å². The molecule has 0 aliphatic rings. The molecule has 0 fully saturated rings. The molecule has 3 aromatic carbocycles. The Morgan fingerprint density at radius 2 is 1.71 bits per heavy atom. The summed E-state index contributed by atoms with van der Waals surface area (Å²) in [5.41, 5.74) is 2.46. The highest BCUT2D eigenvalue weighted by molar-refractivity contribution is 7.09. The fraction of sp³-hybridized carbons (Fsp3) is 0. The number of benzene rings is 3. The zero-order valence-corrected chi connectivity index (χ0v) is 13.5. The predicted molar refractivity (Wildman–Crippen MR) is 97.2 cm³/mol. The normalized spacial score (nSPS) is 10.7. The van der Waals surface area contributed by atoms with Gasteiger partial charge >= 0.3 is 0 Å². The van der Waals surface area contributed by atoms with Gasteiger partial charge in [-0.15, -0.1) is 5.10 Å². The summed E-state index contributed by atoms with van der Waals surface area (Å²) in [7, 11) is 0. The van der Waals surface area contributed by atoms with Crippen LogP contribution in [0.5, 0.6) is 0 Å². The second-order valence-electron chi connectivity index (χ2n) is 5.34. The van der Waals surface area contributed by atoms with Gasteiger partial charge in [-0.1, -0.05) is 53.0 Å². The lowest BCUT2D eigenvalue weighted by molar-refractivity contribution is 0.102. The fourth-order valence-corrected chi connectivity index (χ4v) is 3.15. The first kappa shape index (κ1) is 14.5. The molecule has 0 atom stereocenters. The Morgan fingerprint density at radius 3 is 2.50 bits per heavy atom. The monoisotopic (exact) mass is 331 g/mol. The molecule has 0 aliphatic carbocycles. The molecule has 0 spiro atoms. The second-order valence-corrected chi connectivity index (χ2v) is 6.13. The molecule has 4 aromatic rings. The third-order valence-electron chi connectivity index (χ3n) is 3.82. The summed E-state index contributed by atoms with van der Waals surface area (Å²) in [6.07, 6.45) is 1.73. The molecule has 4 rings (SSSR count). The first-order chi connectivity index (χ1) is 11.8. The van der Waals surface area contributed by atoms with E-state index in [2.05, 4.69) is 14.9 Å². The van der Waals surface area contributed by atoms with Crippen molar-refractivity contribution in [3.05, 3.63) is 78.5 Å². The predicted octanol–water partition coefficient (Wildman–Crippen LogP) is 4.61. The fourth-order valence-electron chi connectivity index (χ4n) is 2.63. The van der Waals surface area contributed by atoms with Crippen molar-refractivity contribution in [1.29, 1.82) is 0 Å². The summed E-state index contributed by atoms with van der Waals surface area (Å²) in [4.78, 5) is 13.6. The largest absolute Gasteiger partial charge is 0.322 e. The number of carbonyl (C=O) groups is 1. The second kappa shape index (κ2) is 6.22. The van der Waals surface area contributed by atoms with Crippen molar-refractivity contribution < 1.29 is 4.79 Å². The topological polar surface area (TPSA) is 54.9 Å². The Kier molecular flexibility index (Phi) is 3.76. The Hall–Kier alpha value is -3.05. The standard InChI is InChI=1S/C19H13N3OS/c23-19(17-7-3-5-13-4-1-2-6-16(13)17)21-15-10-8-14(9-11-15)18-12-20-22-24-18/h1-12H,(H,21,23). The van der Waals surface area contributed by atoms with Gasteiger partial charge in [-0.05, 0) is 46.1 Å². The van der Waals surface area contributed by atoms with Crippen LogP contribution in [0.4, 0.5) is 5.69 Å². The number of amides is 1. The quantitative estimate of drug-likeness (QED) is 0.596. The maximum atomic E-state index is 12.6. The van der Waals surface area contributed by atoms with Crippen molar-refractivity contribution in [2.24, 2.45) is 0 Å². The summed E-state index contributed by atoms with van der Waals surface area (Å²) in [6.45, 7) is 0. The molecule has 0 unspecified atom stereocenters. The molecule has 1 aromatic heterocycles. The van der Waals surface area contributed by atoms with E-state index in [1.807, 2.05) is 66.7 Å². The summed E-state index contributed by atoms with van der Waals surface area (Å²) in [5, 5.41) is 8.80. The minimum Gasteiger partial charge on any atom is -0.322 e. The minimum atomic E-state index is -0.112. The maximum Gasteiger partial charge on any atom is 0.256 e. The smallest absolute Gasteiger partial charge is 0.256 e. The van der Waals surface area contributed by atoms with Crippen LogP contribution in [0.25, 0.3) is 21.2 Å². The number of nitrogens with zero attached hydrogens (tertiary/aromatic N) is 2. The average Bonchev–Trinajstić information content (AvgIpc) is 3.16. The van der Waals surface area contributed by atoms with Gasteiger partial charge in [0, 0.05) is 11.3 Å². The maximum absolute atomic E-state index is 12.6. The highest BCUT2D eigenvalue weighted by atomic mass is 32.1. The molecule has 116 valence electrons. The van der Waals surface area contributed by atoms with Crippen molar-refractivity contribution in [2.75, 3.05) is 5.32 Å². The van der Waals surface area contributed by atoms with Crippen LogP contribution < -0.4 is 5.32 Å². The van der Waals surface area contributed by atoms with Crippen LogP contribution in [0.1, 0.15) is 10.4 Å². The van der Waals surface area contributed by atoms with Crippen molar-refractivity contribution >= 4 is 33.9 Å². The van der Waals surface area contributed by atoms with E-state index in [0.29, 0.717) is 5.56 Å². The summed E-state index contributed by atoms with van der Waals surface area (Å²) >= 11 is 1.35. The van der Waals surface area contributed by atoms with E-state index in [1.165, 1.54) is 11.5 Å². The molecule has 0 radical (unpaired) electrons. The molecule has 24 heavy (non-hydrogen) atoms. The van der Waals surface area contributed by atoms with E-state index in [9.17, 15) is 4.79 Å². The zero-order valence-electron chi connectivity index (χ0n) is 12.6. The van der Waals surface area contributed by atoms with Gasteiger partial charge in [0.2, 0.25) is 0 Å². The van der Waals surface area contributed by atoms with Gasteiger partial charge in [0.25, 0.3) is 5.91 Å². The van der Waals surface area contributed by atoms with Gasteiger partial charge in [0.05, 0.1) is 11.1 Å². The highest BCUT2D eigenvalue weighted by Crippen LogP contribution is 2.24. The van der Waals surface area contributed by atoms with Crippen LogP contribution in [0.3, 0.4) is 0 Å². The molecule has 1 amide bonds. The lowest BCUT2D eigenvalue weighted by atomic mass is 10.0. The van der Waals surface area contributed by atoms with Crippen molar-refractivity contribution in [3.8, 4) is 10.4 Å². The van der Waals surface area contributed by atoms with E-state index < -0.39 is 0 Å². The SMILES string of the molecule is O=C(Nc1ccc(-c2cnns2)cc1)c1cccc2ccccc12. The molecule has 4 nitrogen and oxygen atoms in total. The van der Waals surface area contributed by atoms with Gasteiger partial charge in [-0.25, -0.2) is 0 Å². The molecular formula is C19H13N3OS. The molecule has 0 saturated heterocycles. The number of nitrogens with one attached hydrogen (secondary N) is 1. The van der Waals surface area contributed by atoms with Gasteiger partial charge in [0.15, 0.2) is 0 Å². The third kappa shape index (κ3) is 2.77. The number of hydrogen-bond acceptors (Lipinski definition) is 4. The van der Waals surface area contributed by atoms with Crippen LogP contribution >= 0.6 is 11.5 Å². The Labute approximate surface area is 142 Å². The molecule has 1 heterocycles. The first-order valence-corrected chi connectivity index (χ1v) is 8.25. The third-order valence-corrected chi connectivity index (χ3v) is 4.54. The molecule has 0 bridgehead atoms. The van der Waals surface area contributed by atoms with Crippen LogP contribution in [-0.2, 0) is 0 Å². The Bertz CT molecular complexity index is 989.